The molecule has 2 aromatic rings. The third-order valence-corrected chi connectivity index (χ3v) is 7.15. The fourth-order valence-electron chi connectivity index (χ4n) is 3.16. The molecule has 0 N–H and O–H groups in total. The second-order valence-corrected chi connectivity index (χ2v) is 9.38. The van der Waals surface area contributed by atoms with E-state index in [9.17, 15) is 9.59 Å². The van der Waals surface area contributed by atoms with Gasteiger partial charge in [-0.25, -0.2) is 4.98 Å². The van der Waals surface area contributed by atoms with Crippen molar-refractivity contribution in [1.82, 2.24) is 9.55 Å². The smallest absolute Gasteiger partial charge is 0.319 e. The van der Waals surface area contributed by atoms with Crippen molar-refractivity contribution in [1.29, 1.82) is 0 Å². The van der Waals surface area contributed by atoms with E-state index in [0.717, 1.165) is 23.4 Å². The molecule has 1 aliphatic rings. The summed E-state index contributed by atoms with van der Waals surface area (Å²) in [6.45, 7) is 6.76. The van der Waals surface area contributed by atoms with Crippen molar-refractivity contribution in [3.63, 3.8) is 0 Å². The Morgan fingerprint density at radius 3 is 2.79 bits per heavy atom. The van der Waals surface area contributed by atoms with Gasteiger partial charge in [-0.05, 0) is 25.3 Å². The summed E-state index contributed by atoms with van der Waals surface area (Å²) >= 11 is 2.95. The largest absolute Gasteiger partial charge is 0.465 e. The van der Waals surface area contributed by atoms with Gasteiger partial charge < -0.3 is 4.74 Å². The van der Waals surface area contributed by atoms with Crippen LogP contribution in [0.25, 0.3) is 0 Å². The van der Waals surface area contributed by atoms with Gasteiger partial charge in [0.15, 0.2) is 5.16 Å². The average Bonchev–Trinajstić information content (AvgIpc) is 3.07. The summed E-state index contributed by atoms with van der Waals surface area (Å²) in [5.41, 5.74) is 2.04. The maximum Gasteiger partial charge on any atom is 0.319 e. The molecular formula is C21H26N2O3S2. The number of aromatic nitrogens is 2. The zero-order valence-electron chi connectivity index (χ0n) is 16.5. The van der Waals surface area contributed by atoms with Crippen LogP contribution < -0.4 is 5.56 Å². The van der Waals surface area contributed by atoms with E-state index in [1.54, 1.807) is 23.3 Å². The maximum absolute atomic E-state index is 13.2. The molecule has 150 valence electrons. The molecule has 0 saturated carbocycles. The Bertz CT molecular complexity index is 883. The Balaban J connectivity index is 1.92. The molecule has 2 heterocycles. The highest BCUT2D eigenvalue weighted by Gasteiger charge is 2.28. The third kappa shape index (κ3) is 4.81. The number of rotatable bonds is 8. The first-order valence-corrected chi connectivity index (χ1v) is 11.5. The van der Waals surface area contributed by atoms with Crippen LogP contribution in [0, 0.1) is 0 Å². The van der Waals surface area contributed by atoms with Gasteiger partial charge >= 0.3 is 5.97 Å². The van der Waals surface area contributed by atoms with Gasteiger partial charge in [0.1, 0.15) is 5.25 Å². The molecule has 0 saturated heterocycles. The van der Waals surface area contributed by atoms with Crippen molar-refractivity contribution in [2.24, 2.45) is 0 Å². The fourth-order valence-corrected chi connectivity index (χ4v) is 5.33. The number of aryl methyl sites for hydroxylation is 1. The molecule has 28 heavy (non-hydrogen) atoms. The zero-order valence-corrected chi connectivity index (χ0v) is 18.1. The lowest BCUT2D eigenvalue weighted by molar-refractivity contribution is -0.142. The van der Waals surface area contributed by atoms with Gasteiger partial charge in [-0.15, -0.1) is 11.8 Å². The first-order chi connectivity index (χ1) is 13.5. The Morgan fingerprint density at radius 1 is 1.36 bits per heavy atom. The molecule has 0 radical (unpaired) electrons. The van der Waals surface area contributed by atoms with Gasteiger partial charge in [0, 0.05) is 18.2 Å². The molecule has 1 aliphatic heterocycles. The van der Waals surface area contributed by atoms with Crippen LogP contribution in [0.15, 0.2) is 45.2 Å². The van der Waals surface area contributed by atoms with Crippen molar-refractivity contribution < 1.29 is 9.53 Å². The highest BCUT2D eigenvalue weighted by molar-refractivity contribution is 8.00. The number of thioether (sulfide) groups is 2. The van der Waals surface area contributed by atoms with Crippen molar-refractivity contribution in [2.75, 3.05) is 6.61 Å². The molecule has 5 nitrogen and oxygen atoms in total. The predicted octanol–water partition coefficient (Wildman–Crippen LogP) is 3.96. The van der Waals surface area contributed by atoms with Crippen molar-refractivity contribution >= 4 is 29.5 Å². The van der Waals surface area contributed by atoms with Crippen LogP contribution in [0.2, 0.25) is 0 Å². The summed E-state index contributed by atoms with van der Waals surface area (Å²) in [4.78, 5) is 31.0. The molecule has 1 aromatic carbocycles. The maximum atomic E-state index is 13.2. The number of carbonyl (C=O) groups is 1. The molecule has 1 aromatic heterocycles. The molecular weight excluding hydrogens is 392 g/mol. The van der Waals surface area contributed by atoms with E-state index in [1.165, 1.54) is 17.3 Å². The number of ether oxygens (including phenoxy) is 1. The molecule has 0 fully saturated rings. The standard InChI is InChI=1S/C21H26N2O3S2/c1-4-17(20(25)26-5-2)28-21-22-16-13-14(3)27-18(16)19(24)23(21)12-11-15-9-7-6-8-10-15/h6-10,14,17H,4-5,11-13H2,1-3H3. The highest BCUT2D eigenvalue weighted by Crippen LogP contribution is 2.35. The highest BCUT2D eigenvalue weighted by atomic mass is 32.2. The molecule has 7 heteroatoms. The molecule has 0 aliphatic carbocycles. The van der Waals surface area contributed by atoms with Gasteiger partial charge in [0.25, 0.3) is 5.56 Å². The van der Waals surface area contributed by atoms with Crippen LogP contribution in [-0.4, -0.2) is 32.6 Å². The average molecular weight is 419 g/mol. The van der Waals surface area contributed by atoms with E-state index < -0.39 is 0 Å². The molecule has 0 bridgehead atoms. The Kier molecular flexibility index (Phi) is 7.24. The van der Waals surface area contributed by atoms with E-state index in [2.05, 4.69) is 19.1 Å². The summed E-state index contributed by atoms with van der Waals surface area (Å²) in [7, 11) is 0. The normalized spacial score (nSPS) is 16.6. The van der Waals surface area contributed by atoms with Crippen LogP contribution in [-0.2, 0) is 28.9 Å². The van der Waals surface area contributed by atoms with Crippen molar-refractivity contribution in [2.45, 2.75) is 67.1 Å². The van der Waals surface area contributed by atoms with Gasteiger partial charge in [-0.3, -0.25) is 14.2 Å². The lowest BCUT2D eigenvalue weighted by Crippen LogP contribution is -2.28. The first-order valence-electron chi connectivity index (χ1n) is 9.71. The lowest BCUT2D eigenvalue weighted by atomic mass is 10.1. The summed E-state index contributed by atoms with van der Waals surface area (Å²) in [5, 5.41) is 0.610. The van der Waals surface area contributed by atoms with E-state index in [0.29, 0.717) is 30.0 Å². The van der Waals surface area contributed by atoms with Crippen LogP contribution >= 0.6 is 23.5 Å². The van der Waals surface area contributed by atoms with E-state index in [1.807, 2.05) is 25.1 Å². The SMILES string of the molecule is CCOC(=O)C(CC)Sc1nc2c(c(=O)n1CCc1ccccc1)SC(C)C2. The number of fused-ring (bicyclic) bond motifs is 1. The topological polar surface area (TPSA) is 61.2 Å². The Hall–Kier alpha value is -1.73. The summed E-state index contributed by atoms with van der Waals surface area (Å²) in [5.74, 6) is -0.248. The second kappa shape index (κ2) is 9.65. The van der Waals surface area contributed by atoms with Crippen LogP contribution in [0.4, 0.5) is 0 Å². The molecule has 0 amide bonds. The van der Waals surface area contributed by atoms with Gasteiger partial charge in [-0.1, -0.05) is 55.9 Å². The van der Waals surface area contributed by atoms with Crippen molar-refractivity contribution in [3.8, 4) is 0 Å². The minimum atomic E-state index is -0.362. The van der Waals surface area contributed by atoms with E-state index in [4.69, 9.17) is 9.72 Å². The number of benzene rings is 1. The lowest BCUT2D eigenvalue weighted by Gasteiger charge is -2.17. The van der Waals surface area contributed by atoms with Crippen LogP contribution in [0.1, 0.15) is 38.4 Å². The van der Waals surface area contributed by atoms with Crippen LogP contribution in [0.3, 0.4) is 0 Å². The van der Waals surface area contributed by atoms with Gasteiger partial charge in [-0.2, -0.15) is 0 Å². The predicted molar refractivity (Wildman–Crippen MR) is 114 cm³/mol. The summed E-state index contributed by atoms with van der Waals surface area (Å²) in [6, 6.07) is 10.1. The fraction of sp³-hybridized carbons (Fsp3) is 0.476. The molecule has 0 spiro atoms. The van der Waals surface area contributed by atoms with E-state index in [-0.39, 0.29) is 16.8 Å². The number of nitrogens with zero attached hydrogens (tertiary/aromatic N) is 2. The molecule has 2 atom stereocenters. The van der Waals surface area contributed by atoms with Crippen molar-refractivity contribution in [3.05, 3.63) is 51.9 Å². The minimum absolute atomic E-state index is 0.0106. The quantitative estimate of drug-likeness (QED) is 0.367. The van der Waals surface area contributed by atoms with Gasteiger partial charge in [0.05, 0.1) is 17.2 Å². The third-order valence-electron chi connectivity index (χ3n) is 4.60. The summed E-state index contributed by atoms with van der Waals surface area (Å²) < 4.78 is 6.94. The number of carbonyl (C=O) groups excluding carboxylic acids is 1. The summed E-state index contributed by atoms with van der Waals surface area (Å²) in [6.07, 6.45) is 2.16. The monoisotopic (exact) mass is 418 g/mol. The number of hydrogen-bond acceptors (Lipinski definition) is 6. The Morgan fingerprint density at radius 2 is 2.11 bits per heavy atom. The molecule has 3 rings (SSSR count). The van der Waals surface area contributed by atoms with E-state index >= 15 is 0 Å². The molecule has 2 unspecified atom stereocenters. The number of esters is 1. The van der Waals surface area contributed by atoms with Gasteiger partial charge in [0.2, 0.25) is 0 Å². The van der Waals surface area contributed by atoms with Crippen LogP contribution in [0.5, 0.6) is 0 Å². The number of hydrogen-bond donors (Lipinski definition) is 0. The zero-order chi connectivity index (χ0) is 20.1. The first kappa shape index (κ1) is 21.0. The minimum Gasteiger partial charge on any atom is -0.465 e. The Labute approximate surface area is 174 Å². The second-order valence-electron chi connectivity index (χ2n) is 6.76.